The van der Waals surface area contributed by atoms with Crippen molar-refractivity contribution >= 4 is 40.7 Å². The van der Waals surface area contributed by atoms with E-state index in [1.165, 1.54) is 11.8 Å². The van der Waals surface area contributed by atoms with Crippen molar-refractivity contribution < 1.29 is 9.59 Å². The summed E-state index contributed by atoms with van der Waals surface area (Å²) in [5, 5.41) is 3.67. The van der Waals surface area contributed by atoms with Gasteiger partial charge in [0.05, 0.1) is 10.7 Å². The maximum absolute atomic E-state index is 12.0. The molecule has 1 N–H and O–H groups in total. The predicted octanol–water partition coefficient (Wildman–Crippen LogP) is 3.45. The number of halogens is 2. The summed E-state index contributed by atoms with van der Waals surface area (Å²) in [6.45, 7) is 2.09. The fraction of sp³-hybridized carbons (Fsp3) is 0.235. The van der Waals surface area contributed by atoms with Crippen LogP contribution in [0.5, 0.6) is 0 Å². The molecule has 0 aliphatic heterocycles. The van der Waals surface area contributed by atoms with Crippen LogP contribution in [0.1, 0.15) is 18.9 Å². The van der Waals surface area contributed by atoms with E-state index in [1.54, 1.807) is 30.6 Å². The van der Waals surface area contributed by atoms with Crippen molar-refractivity contribution in [2.75, 3.05) is 11.4 Å². The summed E-state index contributed by atoms with van der Waals surface area (Å²) in [5.74, 6) is -0.343. The Labute approximate surface area is 150 Å². The van der Waals surface area contributed by atoms with Crippen LogP contribution < -0.4 is 10.2 Å². The Bertz CT molecular complexity index is 723. The van der Waals surface area contributed by atoms with Gasteiger partial charge in [-0.3, -0.25) is 14.6 Å². The van der Waals surface area contributed by atoms with Gasteiger partial charge >= 0.3 is 0 Å². The number of rotatable bonds is 6. The number of pyridine rings is 1. The molecule has 5 nitrogen and oxygen atoms in total. The zero-order chi connectivity index (χ0) is 17.5. The van der Waals surface area contributed by atoms with Gasteiger partial charge < -0.3 is 10.2 Å². The average Bonchev–Trinajstić information content (AvgIpc) is 2.55. The fourth-order valence-electron chi connectivity index (χ4n) is 2.15. The minimum atomic E-state index is -0.193. The number of anilines is 1. The average molecular weight is 366 g/mol. The minimum Gasteiger partial charge on any atom is -0.352 e. The maximum Gasteiger partial charge on any atom is 0.223 e. The molecule has 0 atom stereocenters. The highest BCUT2D eigenvalue weighted by molar-refractivity contribution is 6.36. The zero-order valence-electron chi connectivity index (χ0n) is 13.1. The van der Waals surface area contributed by atoms with Crippen LogP contribution in [0, 0.1) is 0 Å². The van der Waals surface area contributed by atoms with Crippen LogP contribution in [0.3, 0.4) is 0 Å². The van der Waals surface area contributed by atoms with Gasteiger partial charge in [-0.2, -0.15) is 0 Å². The molecule has 1 heterocycles. The number of aromatic nitrogens is 1. The summed E-state index contributed by atoms with van der Waals surface area (Å²) in [6.07, 6.45) is 3.51. The summed E-state index contributed by atoms with van der Waals surface area (Å²) in [5.41, 5.74) is 1.50. The van der Waals surface area contributed by atoms with Crippen LogP contribution in [0.15, 0.2) is 42.7 Å². The van der Waals surface area contributed by atoms with E-state index in [4.69, 9.17) is 23.2 Å². The highest BCUT2D eigenvalue weighted by Crippen LogP contribution is 2.29. The van der Waals surface area contributed by atoms with Gasteiger partial charge in [-0.05, 0) is 35.9 Å². The first-order chi connectivity index (χ1) is 11.5. The second-order valence-corrected chi connectivity index (χ2v) is 5.99. The SMILES string of the molecule is CC(=O)N(CCC(=O)NCc1ccncc1)c1ccc(Cl)cc1Cl. The van der Waals surface area contributed by atoms with E-state index in [9.17, 15) is 9.59 Å². The molecule has 0 bridgehead atoms. The van der Waals surface area contributed by atoms with Gasteiger partial charge in [0.15, 0.2) is 0 Å². The molecule has 0 aliphatic rings. The number of nitrogens with one attached hydrogen (secondary N) is 1. The summed E-state index contributed by atoms with van der Waals surface area (Å²) in [7, 11) is 0. The van der Waals surface area contributed by atoms with Crippen molar-refractivity contribution in [3.63, 3.8) is 0 Å². The molecule has 0 fully saturated rings. The first-order valence-electron chi connectivity index (χ1n) is 7.36. The van der Waals surface area contributed by atoms with Crippen LogP contribution in [0.2, 0.25) is 10.0 Å². The molecule has 0 spiro atoms. The van der Waals surface area contributed by atoms with E-state index >= 15 is 0 Å². The third-order valence-electron chi connectivity index (χ3n) is 3.38. The van der Waals surface area contributed by atoms with Crippen LogP contribution in [-0.4, -0.2) is 23.3 Å². The monoisotopic (exact) mass is 365 g/mol. The number of hydrogen-bond donors (Lipinski definition) is 1. The molecule has 7 heteroatoms. The van der Waals surface area contributed by atoms with Crippen LogP contribution in [0.4, 0.5) is 5.69 Å². The van der Waals surface area contributed by atoms with Crippen molar-refractivity contribution in [3.8, 4) is 0 Å². The van der Waals surface area contributed by atoms with Crippen LogP contribution in [0.25, 0.3) is 0 Å². The fourth-order valence-corrected chi connectivity index (χ4v) is 2.66. The van der Waals surface area contributed by atoms with E-state index in [2.05, 4.69) is 10.3 Å². The van der Waals surface area contributed by atoms with E-state index in [-0.39, 0.29) is 24.8 Å². The molecule has 0 aliphatic carbocycles. The Morgan fingerprint density at radius 2 is 1.88 bits per heavy atom. The smallest absolute Gasteiger partial charge is 0.223 e. The van der Waals surface area contributed by atoms with E-state index < -0.39 is 0 Å². The third kappa shape index (κ3) is 5.22. The van der Waals surface area contributed by atoms with Gasteiger partial charge in [0.1, 0.15) is 0 Å². The second-order valence-electron chi connectivity index (χ2n) is 5.15. The van der Waals surface area contributed by atoms with Gasteiger partial charge in [0, 0.05) is 43.9 Å². The summed E-state index contributed by atoms with van der Waals surface area (Å²) in [6, 6.07) is 8.55. The lowest BCUT2D eigenvalue weighted by Gasteiger charge is -2.22. The molecule has 126 valence electrons. The Morgan fingerprint density at radius 1 is 1.17 bits per heavy atom. The van der Waals surface area contributed by atoms with Crippen LogP contribution in [-0.2, 0) is 16.1 Å². The molecule has 2 rings (SSSR count). The first kappa shape index (κ1) is 18.2. The normalized spacial score (nSPS) is 10.3. The summed E-state index contributed by atoms with van der Waals surface area (Å²) >= 11 is 12.0. The molecular formula is C17H17Cl2N3O2. The van der Waals surface area contributed by atoms with Crippen LogP contribution >= 0.6 is 23.2 Å². The standard InChI is InChI=1S/C17H17Cl2N3O2/c1-12(23)22(16-3-2-14(18)10-15(16)19)9-6-17(24)21-11-13-4-7-20-8-5-13/h2-5,7-8,10H,6,9,11H2,1H3,(H,21,24). The van der Waals surface area contributed by atoms with Crippen molar-refractivity contribution in [3.05, 3.63) is 58.3 Å². The molecule has 0 saturated carbocycles. The lowest BCUT2D eigenvalue weighted by Crippen LogP contribution is -2.33. The molecule has 1 aromatic carbocycles. The molecule has 0 radical (unpaired) electrons. The minimum absolute atomic E-state index is 0.150. The van der Waals surface area contributed by atoms with Crippen molar-refractivity contribution in [2.45, 2.75) is 19.9 Å². The van der Waals surface area contributed by atoms with Crippen molar-refractivity contribution in [1.82, 2.24) is 10.3 Å². The lowest BCUT2D eigenvalue weighted by molar-refractivity contribution is -0.121. The highest BCUT2D eigenvalue weighted by Gasteiger charge is 2.16. The van der Waals surface area contributed by atoms with Crippen molar-refractivity contribution in [2.24, 2.45) is 0 Å². The number of amides is 2. The van der Waals surface area contributed by atoms with Gasteiger partial charge in [-0.15, -0.1) is 0 Å². The lowest BCUT2D eigenvalue weighted by atomic mass is 10.2. The number of hydrogen-bond acceptors (Lipinski definition) is 3. The highest BCUT2D eigenvalue weighted by atomic mass is 35.5. The molecule has 2 aromatic rings. The molecule has 0 saturated heterocycles. The molecule has 2 amide bonds. The summed E-state index contributed by atoms with van der Waals surface area (Å²) in [4.78, 5) is 29.2. The van der Waals surface area contributed by atoms with Gasteiger partial charge in [0.25, 0.3) is 0 Å². The Balaban J connectivity index is 1.94. The Morgan fingerprint density at radius 3 is 2.50 bits per heavy atom. The largest absolute Gasteiger partial charge is 0.352 e. The predicted molar refractivity (Wildman–Crippen MR) is 95.2 cm³/mol. The maximum atomic E-state index is 12.0. The second kappa shape index (κ2) is 8.66. The number of benzene rings is 1. The number of carbonyl (C=O) groups is 2. The van der Waals surface area contributed by atoms with Gasteiger partial charge in [-0.25, -0.2) is 0 Å². The van der Waals surface area contributed by atoms with E-state index in [0.717, 1.165) is 5.56 Å². The molecule has 1 aromatic heterocycles. The van der Waals surface area contributed by atoms with Crippen molar-refractivity contribution in [1.29, 1.82) is 0 Å². The topological polar surface area (TPSA) is 62.3 Å². The Hall–Kier alpha value is -2.11. The number of carbonyl (C=O) groups excluding carboxylic acids is 2. The van der Waals surface area contributed by atoms with Gasteiger partial charge in [0.2, 0.25) is 11.8 Å². The first-order valence-corrected chi connectivity index (χ1v) is 8.11. The number of nitrogens with zero attached hydrogens (tertiary/aromatic N) is 2. The molecule has 24 heavy (non-hydrogen) atoms. The third-order valence-corrected chi connectivity index (χ3v) is 3.92. The molecular weight excluding hydrogens is 349 g/mol. The van der Waals surface area contributed by atoms with Gasteiger partial charge in [-0.1, -0.05) is 23.2 Å². The van der Waals surface area contributed by atoms with E-state index in [1.807, 2.05) is 12.1 Å². The quantitative estimate of drug-likeness (QED) is 0.852. The molecule has 0 unspecified atom stereocenters. The zero-order valence-corrected chi connectivity index (χ0v) is 14.6. The summed E-state index contributed by atoms with van der Waals surface area (Å²) < 4.78 is 0. The van der Waals surface area contributed by atoms with E-state index in [0.29, 0.717) is 22.3 Å². The Kier molecular flexibility index (Phi) is 6.58.